The van der Waals surface area contributed by atoms with Crippen molar-refractivity contribution >= 4 is 27.7 Å². The molecule has 6 heteroatoms. The molecule has 2 heterocycles. The van der Waals surface area contributed by atoms with E-state index in [0.29, 0.717) is 0 Å². The maximum atomic E-state index is 5.30. The summed E-state index contributed by atoms with van der Waals surface area (Å²) < 4.78 is 6.20. The number of anilines is 2. The van der Waals surface area contributed by atoms with Gasteiger partial charge in [0.1, 0.15) is 5.82 Å². The molecular weight excluding hydrogens is 272 g/mol. The fourth-order valence-corrected chi connectivity index (χ4v) is 1.90. The van der Waals surface area contributed by atoms with E-state index in [1.807, 2.05) is 6.92 Å². The summed E-state index contributed by atoms with van der Waals surface area (Å²) in [6.07, 6.45) is 1.79. The van der Waals surface area contributed by atoms with Crippen LogP contribution in [-0.4, -0.2) is 42.8 Å². The van der Waals surface area contributed by atoms with E-state index in [1.54, 1.807) is 6.20 Å². The van der Waals surface area contributed by atoms with E-state index in [2.05, 4.69) is 36.1 Å². The third-order valence-electron chi connectivity index (χ3n) is 2.37. The number of halogens is 1. The van der Waals surface area contributed by atoms with Crippen molar-refractivity contribution < 1.29 is 4.74 Å². The van der Waals surface area contributed by atoms with E-state index >= 15 is 0 Å². The molecule has 1 saturated heterocycles. The minimum absolute atomic E-state index is 0.746. The Balaban J connectivity index is 2.17. The van der Waals surface area contributed by atoms with Gasteiger partial charge >= 0.3 is 0 Å². The molecule has 0 aromatic carbocycles. The second-order valence-corrected chi connectivity index (χ2v) is 4.35. The first kappa shape index (κ1) is 11.6. The summed E-state index contributed by atoms with van der Waals surface area (Å²) in [5.41, 5.74) is 0. The van der Waals surface area contributed by atoms with Crippen molar-refractivity contribution in [1.29, 1.82) is 0 Å². The topological polar surface area (TPSA) is 50.3 Å². The molecule has 0 aliphatic carbocycles. The van der Waals surface area contributed by atoms with Crippen molar-refractivity contribution in [3.05, 3.63) is 10.7 Å². The maximum Gasteiger partial charge on any atom is 0.227 e. The van der Waals surface area contributed by atoms with E-state index in [-0.39, 0.29) is 0 Å². The molecule has 1 aliphatic heterocycles. The lowest BCUT2D eigenvalue weighted by molar-refractivity contribution is 0.122. The van der Waals surface area contributed by atoms with E-state index in [9.17, 15) is 0 Å². The van der Waals surface area contributed by atoms with E-state index in [4.69, 9.17) is 4.74 Å². The molecule has 0 unspecified atom stereocenters. The van der Waals surface area contributed by atoms with Crippen LogP contribution in [0.1, 0.15) is 6.92 Å². The Morgan fingerprint density at radius 2 is 2.25 bits per heavy atom. The molecule has 0 bridgehead atoms. The molecule has 0 radical (unpaired) electrons. The quantitative estimate of drug-likeness (QED) is 0.913. The molecule has 16 heavy (non-hydrogen) atoms. The average molecular weight is 287 g/mol. The highest BCUT2D eigenvalue weighted by molar-refractivity contribution is 9.10. The van der Waals surface area contributed by atoms with Gasteiger partial charge in [0.25, 0.3) is 0 Å². The third-order valence-corrected chi connectivity index (χ3v) is 2.95. The first-order chi connectivity index (χ1) is 7.81. The average Bonchev–Trinajstić information content (AvgIpc) is 2.33. The largest absolute Gasteiger partial charge is 0.378 e. The highest BCUT2D eigenvalue weighted by Crippen LogP contribution is 2.21. The summed E-state index contributed by atoms with van der Waals surface area (Å²) in [6, 6.07) is 0. The van der Waals surface area contributed by atoms with Crippen LogP contribution in [0.25, 0.3) is 0 Å². The van der Waals surface area contributed by atoms with Gasteiger partial charge in [0.15, 0.2) is 0 Å². The van der Waals surface area contributed by atoms with Crippen LogP contribution in [0.4, 0.5) is 11.8 Å². The first-order valence-electron chi connectivity index (χ1n) is 5.40. The van der Waals surface area contributed by atoms with Crippen molar-refractivity contribution in [3.63, 3.8) is 0 Å². The molecule has 5 nitrogen and oxygen atoms in total. The number of aromatic nitrogens is 2. The standard InChI is InChI=1S/C10H15BrN4O/c1-2-12-9-8(11)7-13-10(14-9)15-3-5-16-6-4-15/h7H,2-6H2,1H3,(H,12,13,14). The smallest absolute Gasteiger partial charge is 0.227 e. The molecule has 1 N–H and O–H groups in total. The predicted molar refractivity (Wildman–Crippen MR) is 66.9 cm³/mol. The van der Waals surface area contributed by atoms with E-state index < -0.39 is 0 Å². The van der Waals surface area contributed by atoms with Gasteiger partial charge in [-0.3, -0.25) is 0 Å². The Hall–Kier alpha value is -0.880. The van der Waals surface area contributed by atoms with Crippen molar-refractivity contribution in [3.8, 4) is 0 Å². The number of ether oxygens (including phenoxy) is 1. The first-order valence-corrected chi connectivity index (χ1v) is 6.19. The molecule has 0 spiro atoms. The van der Waals surface area contributed by atoms with Gasteiger partial charge in [-0.25, -0.2) is 4.98 Å². The molecule has 0 saturated carbocycles. The number of morpholine rings is 1. The van der Waals surface area contributed by atoms with Crippen LogP contribution in [0, 0.1) is 0 Å². The second-order valence-electron chi connectivity index (χ2n) is 3.50. The summed E-state index contributed by atoms with van der Waals surface area (Å²) in [6.45, 7) is 6.09. The van der Waals surface area contributed by atoms with Gasteiger partial charge in [0.05, 0.1) is 17.7 Å². The number of rotatable bonds is 3. The van der Waals surface area contributed by atoms with Gasteiger partial charge < -0.3 is 15.0 Å². The van der Waals surface area contributed by atoms with Crippen LogP contribution in [0.2, 0.25) is 0 Å². The fourth-order valence-electron chi connectivity index (χ4n) is 1.56. The minimum Gasteiger partial charge on any atom is -0.378 e. The molecule has 1 aliphatic rings. The van der Waals surface area contributed by atoms with Gasteiger partial charge in [-0.2, -0.15) is 4.98 Å². The van der Waals surface area contributed by atoms with Crippen LogP contribution in [0.15, 0.2) is 10.7 Å². The molecule has 1 fully saturated rings. The monoisotopic (exact) mass is 286 g/mol. The maximum absolute atomic E-state index is 5.30. The highest BCUT2D eigenvalue weighted by atomic mass is 79.9. The van der Waals surface area contributed by atoms with Crippen molar-refractivity contribution in [2.75, 3.05) is 43.1 Å². The summed E-state index contributed by atoms with van der Waals surface area (Å²) in [7, 11) is 0. The van der Waals surface area contributed by atoms with Crippen LogP contribution < -0.4 is 10.2 Å². The zero-order valence-electron chi connectivity index (χ0n) is 9.24. The van der Waals surface area contributed by atoms with E-state index in [1.165, 1.54) is 0 Å². The van der Waals surface area contributed by atoms with Crippen LogP contribution in [0.3, 0.4) is 0 Å². The minimum atomic E-state index is 0.746. The fraction of sp³-hybridized carbons (Fsp3) is 0.600. The Morgan fingerprint density at radius 3 is 2.94 bits per heavy atom. The number of nitrogens with zero attached hydrogens (tertiary/aromatic N) is 3. The van der Waals surface area contributed by atoms with Crippen LogP contribution in [-0.2, 0) is 4.74 Å². The number of nitrogens with one attached hydrogen (secondary N) is 1. The van der Waals surface area contributed by atoms with Gasteiger partial charge in [-0.1, -0.05) is 0 Å². The molecule has 0 amide bonds. The summed E-state index contributed by atoms with van der Waals surface area (Å²) in [5.74, 6) is 1.61. The second kappa shape index (κ2) is 5.45. The summed E-state index contributed by atoms with van der Waals surface area (Å²) in [5, 5.41) is 3.20. The van der Waals surface area contributed by atoms with Crippen LogP contribution in [0.5, 0.6) is 0 Å². The predicted octanol–water partition coefficient (Wildman–Crippen LogP) is 1.51. The molecule has 2 rings (SSSR count). The Labute approximate surface area is 103 Å². The number of hydrogen-bond donors (Lipinski definition) is 1. The lowest BCUT2D eigenvalue weighted by Crippen LogP contribution is -2.37. The zero-order valence-corrected chi connectivity index (χ0v) is 10.8. The lowest BCUT2D eigenvalue weighted by atomic mass is 10.4. The molecule has 1 aromatic rings. The third kappa shape index (κ3) is 2.62. The number of hydrogen-bond acceptors (Lipinski definition) is 5. The van der Waals surface area contributed by atoms with Crippen molar-refractivity contribution in [2.45, 2.75) is 6.92 Å². The Bertz CT molecular complexity index is 355. The van der Waals surface area contributed by atoms with E-state index in [0.717, 1.165) is 49.1 Å². The molecule has 0 atom stereocenters. The van der Waals surface area contributed by atoms with Gasteiger partial charge in [-0.05, 0) is 22.9 Å². The van der Waals surface area contributed by atoms with Gasteiger partial charge in [0, 0.05) is 25.8 Å². The lowest BCUT2D eigenvalue weighted by Gasteiger charge is -2.27. The molecule has 88 valence electrons. The van der Waals surface area contributed by atoms with Crippen molar-refractivity contribution in [1.82, 2.24) is 9.97 Å². The highest BCUT2D eigenvalue weighted by Gasteiger charge is 2.14. The van der Waals surface area contributed by atoms with Crippen molar-refractivity contribution in [2.24, 2.45) is 0 Å². The Kier molecular flexibility index (Phi) is 3.95. The van der Waals surface area contributed by atoms with Gasteiger partial charge in [-0.15, -0.1) is 0 Å². The molecule has 1 aromatic heterocycles. The van der Waals surface area contributed by atoms with Crippen LogP contribution >= 0.6 is 15.9 Å². The normalized spacial score (nSPS) is 16.2. The SMILES string of the molecule is CCNc1nc(N2CCOCC2)ncc1Br. The zero-order chi connectivity index (χ0) is 11.4. The summed E-state index contributed by atoms with van der Waals surface area (Å²) in [4.78, 5) is 10.9. The Morgan fingerprint density at radius 1 is 1.50 bits per heavy atom. The molecular formula is C10H15BrN4O. The van der Waals surface area contributed by atoms with Gasteiger partial charge in [0.2, 0.25) is 5.95 Å². The summed E-state index contributed by atoms with van der Waals surface area (Å²) >= 11 is 3.42.